The van der Waals surface area contributed by atoms with E-state index < -0.39 is 0 Å². The van der Waals surface area contributed by atoms with Crippen LogP contribution in [0.2, 0.25) is 0 Å². The van der Waals surface area contributed by atoms with Crippen molar-refractivity contribution in [1.29, 1.82) is 0 Å². The largest absolute Gasteiger partial charge is 0.339 e. The number of H-pyrrole nitrogens is 1. The Kier molecular flexibility index (Phi) is 3.06. The predicted octanol–water partition coefficient (Wildman–Crippen LogP) is 1.09. The minimum atomic E-state index is 0.358. The van der Waals surface area contributed by atoms with Crippen molar-refractivity contribution in [3.05, 3.63) is 12.2 Å². The monoisotopic (exact) mass is 248 g/mol. The molecule has 0 unspecified atom stereocenters. The summed E-state index contributed by atoms with van der Waals surface area (Å²) in [7, 11) is 0. The maximum absolute atomic E-state index is 5.68. The zero-order valence-electron chi connectivity index (χ0n) is 10.0. The number of rotatable bonds is 3. The van der Waals surface area contributed by atoms with Gasteiger partial charge in [0.25, 0.3) is 0 Å². The first-order chi connectivity index (χ1) is 8.86. The fraction of sp³-hybridized carbons (Fsp3) is 0.636. The van der Waals surface area contributed by atoms with Gasteiger partial charge in [-0.1, -0.05) is 5.16 Å². The van der Waals surface area contributed by atoms with Crippen LogP contribution in [0.15, 0.2) is 10.9 Å². The van der Waals surface area contributed by atoms with Crippen LogP contribution in [0.4, 0.5) is 0 Å². The molecule has 3 rings (SSSR count). The molecule has 0 bridgehead atoms. The van der Waals surface area contributed by atoms with Crippen molar-refractivity contribution >= 4 is 0 Å². The molecule has 2 aromatic rings. The topological polar surface area (TPSA) is 107 Å². The second-order valence-electron chi connectivity index (χ2n) is 4.74. The molecule has 0 saturated heterocycles. The molecule has 1 saturated carbocycles. The third kappa shape index (κ3) is 2.13. The van der Waals surface area contributed by atoms with E-state index >= 15 is 0 Å². The number of aromatic nitrogens is 5. The summed E-state index contributed by atoms with van der Waals surface area (Å²) in [5.74, 6) is 2.73. The second kappa shape index (κ2) is 4.85. The molecule has 96 valence electrons. The van der Waals surface area contributed by atoms with E-state index in [1.165, 1.54) is 6.33 Å². The van der Waals surface area contributed by atoms with E-state index in [9.17, 15) is 0 Å². The van der Waals surface area contributed by atoms with Crippen LogP contribution < -0.4 is 5.73 Å². The minimum absolute atomic E-state index is 0.358. The maximum Gasteiger partial charge on any atom is 0.239 e. The average molecular weight is 248 g/mol. The van der Waals surface area contributed by atoms with Crippen molar-refractivity contribution in [3.8, 4) is 11.6 Å². The predicted molar refractivity (Wildman–Crippen MR) is 63.4 cm³/mol. The van der Waals surface area contributed by atoms with Crippen molar-refractivity contribution in [3.63, 3.8) is 0 Å². The minimum Gasteiger partial charge on any atom is -0.339 e. The summed E-state index contributed by atoms with van der Waals surface area (Å²) in [6.07, 6.45) is 5.85. The Balaban J connectivity index is 1.71. The Hall–Kier alpha value is -1.76. The summed E-state index contributed by atoms with van der Waals surface area (Å²) >= 11 is 0. The number of aromatic amines is 1. The molecule has 1 aliphatic carbocycles. The molecule has 0 atom stereocenters. The van der Waals surface area contributed by atoms with Gasteiger partial charge in [-0.25, -0.2) is 4.98 Å². The molecule has 7 heteroatoms. The van der Waals surface area contributed by atoms with Crippen molar-refractivity contribution < 1.29 is 4.52 Å². The summed E-state index contributed by atoms with van der Waals surface area (Å²) in [4.78, 5) is 8.39. The average Bonchev–Trinajstić information content (AvgIpc) is 3.09. The van der Waals surface area contributed by atoms with E-state index in [-0.39, 0.29) is 0 Å². The molecule has 3 N–H and O–H groups in total. The molecule has 0 amide bonds. The van der Waals surface area contributed by atoms with Gasteiger partial charge in [-0.15, -0.1) is 0 Å². The highest BCUT2D eigenvalue weighted by molar-refractivity contribution is 5.39. The van der Waals surface area contributed by atoms with Gasteiger partial charge in [-0.3, -0.25) is 5.10 Å². The summed E-state index contributed by atoms with van der Waals surface area (Å²) < 4.78 is 5.32. The molecular formula is C11H16N6O. The molecule has 0 spiro atoms. The summed E-state index contributed by atoms with van der Waals surface area (Å²) in [5, 5.41) is 10.4. The summed E-state index contributed by atoms with van der Waals surface area (Å²) in [6.45, 7) is 0.778. The lowest BCUT2D eigenvalue weighted by molar-refractivity contribution is 0.275. The third-order valence-corrected chi connectivity index (χ3v) is 3.60. The lowest BCUT2D eigenvalue weighted by Gasteiger charge is -2.24. The molecule has 1 aliphatic rings. The van der Waals surface area contributed by atoms with Crippen LogP contribution >= 0.6 is 0 Å². The Labute approximate surface area is 104 Å². The van der Waals surface area contributed by atoms with Crippen molar-refractivity contribution in [2.45, 2.75) is 31.6 Å². The standard InChI is InChI=1S/C11H16N6O/c12-5-7-1-3-8(4-2-7)11-15-10(17-18-11)9-13-6-14-16-9/h6-8H,1-5,12H2,(H,13,14,16). The smallest absolute Gasteiger partial charge is 0.239 e. The quantitative estimate of drug-likeness (QED) is 0.842. The van der Waals surface area contributed by atoms with Gasteiger partial charge < -0.3 is 10.3 Å². The maximum atomic E-state index is 5.68. The van der Waals surface area contributed by atoms with Crippen molar-refractivity contribution in [2.24, 2.45) is 11.7 Å². The first-order valence-corrected chi connectivity index (χ1v) is 6.26. The van der Waals surface area contributed by atoms with Crippen LogP contribution in [0.25, 0.3) is 11.6 Å². The van der Waals surface area contributed by atoms with Gasteiger partial charge in [0.05, 0.1) is 0 Å². The number of nitrogens with zero attached hydrogens (tertiary/aromatic N) is 4. The van der Waals surface area contributed by atoms with E-state index in [1.807, 2.05) is 0 Å². The van der Waals surface area contributed by atoms with Gasteiger partial charge in [0.2, 0.25) is 11.7 Å². The van der Waals surface area contributed by atoms with Crippen LogP contribution in [0.5, 0.6) is 0 Å². The van der Waals surface area contributed by atoms with Crippen molar-refractivity contribution in [1.82, 2.24) is 25.3 Å². The summed E-state index contributed by atoms with van der Waals surface area (Å²) in [6, 6.07) is 0. The van der Waals surface area contributed by atoms with Crippen LogP contribution in [-0.2, 0) is 0 Å². The highest BCUT2D eigenvalue weighted by Gasteiger charge is 2.26. The first-order valence-electron chi connectivity index (χ1n) is 6.26. The SMILES string of the molecule is NCC1CCC(c2nc(-c3ncn[nH]3)no2)CC1. The van der Waals surface area contributed by atoms with Gasteiger partial charge in [0.15, 0.2) is 5.82 Å². The van der Waals surface area contributed by atoms with E-state index in [0.29, 0.717) is 29.4 Å². The van der Waals surface area contributed by atoms with Gasteiger partial charge in [-0.2, -0.15) is 10.1 Å². The Morgan fingerprint density at radius 2 is 2.17 bits per heavy atom. The molecule has 2 aromatic heterocycles. The summed E-state index contributed by atoms with van der Waals surface area (Å²) in [5.41, 5.74) is 5.68. The van der Waals surface area contributed by atoms with Crippen LogP contribution in [0.3, 0.4) is 0 Å². The van der Waals surface area contributed by atoms with Crippen LogP contribution in [0, 0.1) is 5.92 Å². The molecule has 0 radical (unpaired) electrons. The number of nitrogens with one attached hydrogen (secondary N) is 1. The van der Waals surface area contributed by atoms with Gasteiger partial charge >= 0.3 is 0 Å². The van der Waals surface area contributed by atoms with E-state index in [1.54, 1.807) is 0 Å². The molecule has 18 heavy (non-hydrogen) atoms. The molecule has 7 nitrogen and oxygen atoms in total. The third-order valence-electron chi connectivity index (χ3n) is 3.60. The highest BCUT2D eigenvalue weighted by atomic mass is 16.5. The van der Waals surface area contributed by atoms with Gasteiger partial charge in [0.1, 0.15) is 6.33 Å². The molecule has 0 aromatic carbocycles. The van der Waals surface area contributed by atoms with Crippen LogP contribution in [-0.4, -0.2) is 31.9 Å². The second-order valence-corrected chi connectivity index (χ2v) is 4.74. The lowest BCUT2D eigenvalue weighted by Crippen LogP contribution is -2.20. The van der Waals surface area contributed by atoms with Gasteiger partial charge in [-0.05, 0) is 38.1 Å². The Morgan fingerprint density at radius 3 is 2.83 bits per heavy atom. The number of hydrogen-bond acceptors (Lipinski definition) is 6. The number of hydrogen-bond donors (Lipinski definition) is 2. The highest BCUT2D eigenvalue weighted by Crippen LogP contribution is 2.34. The zero-order valence-corrected chi connectivity index (χ0v) is 10.0. The molecule has 2 heterocycles. The normalized spacial score (nSPS) is 24.3. The molecule has 0 aliphatic heterocycles. The Bertz CT molecular complexity index is 485. The van der Waals surface area contributed by atoms with Crippen molar-refractivity contribution in [2.75, 3.05) is 6.54 Å². The van der Waals surface area contributed by atoms with E-state index in [2.05, 4.69) is 25.3 Å². The molecule has 1 fully saturated rings. The lowest BCUT2D eigenvalue weighted by atomic mass is 9.82. The fourth-order valence-corrected chi connectivity index (χ4v) is 2.46. The molecular weight excluding hydrogens is 232 g/mol. The zero-order chi connectivity index (χ0) is 12.4. The van der Waals surface area contributed by atoms with Gasteiger partial charge in [0, 0.05) is 5.92 Å². The van der Waals surface area contributed by atoms with E-state index in [4.69, 9.17) is 10.3 Å². The Morgan fingerprint density at radius 1 is 1.33 bits per heavy atom. The fourth-order valence-electron chi connectivity index (χ4n) is 2.46. The van der Waals surface area contributed by atoms with E-state index in [0.717, 1.165) is 32.2 Å². The van der Waals surface area contributed by atoms with Crippen LogP contribution in [0.1, 0.15) is 37.5 Å². The first kappa shape index (κ1) is 11.3. The number of nitrogens with two attached hydrogens (primary N) is 1.